The summed E-state index contributed by atoms with van der Waals surface area (Å²) < 4.78 is 5.63. The van der Waals surface area contributed by atoms with E-state index in [1.807, 2.05) is 0 Å². The first-order chi connectivity index (χ1) is 7.56. The standard InChI is InChI=1S/C13H28N2O/c1-5-13(4)11-15(8-6-7-14-13)9-10-16-12(2)3/h12,14H,5-11H2,1-4H3. The van der Waals surface area contributed by atoms with Crippen LogP contribution in [0, 0.1) is 0 Å². The van der Waals surface area contributed by atoms with Crippen LogP contribution in [0.25, 0.3) is 0 Å². The number of rotatable bonds is 5. The van der Waals surface area contributed by atoms with Crippen molar-refractivity contribution < 1.29 is 4.74 Å². The van der Waals surface area contributed by atoms with Gasteiger partial charge in [-0.3, -0.25) is 4.90 Å². The molecule has 3 heteroatoms. The molecule has 0 saturated carbocycles. The van der Waals surface area contributed by atoms with Gasteiger partial charge in [0.15, 0.2) is 0 Å². The molecule has 0 spiro atoms. The number of hydrogen-bond acceptors (Lipinski definition) is 3. The molecule has 16 heavy (non-hydrogen) atoms. The summed E-state index contributed by atoms with van der Waals surface area (Å²) in [6.07, 6.45) is 2.79. The molecule has 0 aromatic rings. The molecular formula is C13H28N2O. The molecule has 1 rings (SSSR count). The Morgan fingerprint density at radius 2 is 2.19 bits per heavy atom. The van der Waals surface area contributed by atoms with Gasteiger partial charge < -0.3 is 10.1 Å². The molecule has 1 unspecified atom stereocenters. The van der Waals surface area contributed by atoms with E-state index < -0.39 is 0 Å². The Labute approximate surface area is 101 Å². The number of nitrogens with one attached hydrogen (secondary N) is 1. The first kappa shape index (κ1) is 13.9. The smallest absolute Gasteiger partial charge is 0.0596 e. The van der Waals surface area contributed by atoms with Crippen LogP contribution in [0.2, 0.25) is 0 Å². The van der Waals surface area contributed by atoms with E-state index in [-0.39, 0.29) is 5.54 Å². The molecule has 0 radical (unpaired) electrons. The van der Waals surface area contributed by atoms with Gasteiger partial charge in [-0.25, -0.2) is 0 Å². The summed E-state index contributed by atoms with van der Waals surface area (Å²) in [7, 11) is 0. The summed E-state index contributed by atoms with van der Waals surface area (Å²) in [6, 6.07) is 0. The molecule has 0 amide bonds. The zero-order chi connectivity index (χ0) is 12.0. The van der Waals surface area contributed by atoms with Crippen LogP contribution in [0.1, 0.15) is 40.5 Å². The highest BCUT2D eigenvalue weighted by Gasteiger charge is 2.26. The van der Waals surface area contributed by atoms with E-state index in [0.717, 1.165) is 26.2 Å². The summed E-state index contributed by atoms with van der Waals surface area (Å²) in [4.78, 5) is 2.53. The first-order valence-electron chi connectivity index (χ1n) is 6.65. The average molecular weight is 228 g/mol. The van der Waals surface area contributed by atoms with Gasteiger partial charge in [-0.15, -0.1) is 0 Å². The minimum Gasteiger partial charge on any atom is -0.377 e. The molecular weight excluding hydrogens is 200 g/mol. The van der Waals surface area contributed by atoms with Crippen molar-refractivity contribution in [3.8, 4) is 0 Å². The highest BCUT2D eigenvalue weighted by Crippen LogP contribution is 2.14. The average Bonchev–Trinajstić information content (AvgIpc) is 2.41. The summed E-state index contributed by atoms with van der Waals surface area (Å²) in [5, 5.41) is 3.65. The van der Waals surface area contributed by atoms with Crippen molar-refractivity contribution in [3.05, 3.63) is 0 Å². The second-order valence-electron chi connectivity index (χ2n) is 5.39. The fraction of sp³-hybridized carbons (Fsp3) is 1.00. The Kier molecular flexibility index (Phi) is 5.73. The molecule has 3 nitrogen and oxygen atoms in total. The van der Waals surface area contributed by atoms with Gasteiger partial charge in [0.05, 0.1) is 12.7 Å². The van der Waals surface area contributed by atoms with Crippen LogP contribution in [0.5, 0.6) is 0 Å². The second kappa shape index (κ2) is 6.58. The molecule has 0 aromatic carbocycles. The largest absolute Gasteiger partial charge is 0.377 e. The minimum absolute atomic E-state index is 0.286. The maximum atomic E-state index is 5.63. The molecule has 1 aliphatic heterocycles. The van der Waals surface area contributed by atoms with Gasteiger partial charge >= 0.3 is 0 Å². The van der Waals surface area contributed by atoms with Gasteiger partial charge in [0.25, 0.3) is 0 Å². The van der Waals surface area contributed by atoms with Crippen molar-refractivity contribution in [2.45, 2.75) is 52.2 Å². The molecule has 0 bridgehead atoms. The molecule has 0 aromatic heterocycles. The van der Waals surface area contributed by atoms with Gasteiger partial charge in [-0.2, -0.15) is 0 Å². The summed E-state index contributed by atoms with van der Waals surface area (Å²) in [5.74, 6) is 0. The van der Waals surface area contributed by atoms with E-state index in [0.29, 0.717) is 6.10 Å². The van der Waals surface area contributed by atoms with E-state index in [2.05, 4.69) is 37.9 Å². The lowest BCUT2D eigenvalue weighted by molar-refractivity contribution is 0.0555. The molecule has 1 fully saturated rings. The molecule has 1 atom stereocenters. The Morgan fingerprint density at radius 1 is 1.44 bits per heavy atom. The Balaban J connectivity index is 2.34. The number of ether oxygens (including phenoxy) is 1. The Bertz CT molecular complexity index is 196. The van der Waals surface area contributed by atoms with Crippen LogP contribution < -0.4 is 5.32 Å². The van der Waals surface area contributed by atoms with E-state index in [1.54, 1.807) is 0 Å². The van der Waals surface area contributed by atoms with Crippen molar-refractivity contribution in [1.82, 2.24) is 10.2 Å². The number of hydrogen-bond donors (Lipinski definition) is 1. The highest BCUT2D eigenvalue weighted by atomic mass is 16.5. The second-order valence-corrected chi connectivity index (χ2v) is 5.39. The lowest BCUT2D eigenvalue weighted by Crippen LogP contribution is -2.49. The molecule has 1 N–H and O–H groups in total. The zero-order valence-corrected chi connectivity index (χ0v) is 11.4. The third-order valence-electron chi connectivity index (χ3n) is 3.41. The number of nitrogens with zero attached hydrogens (tertiary/aromatic N) is 1. The van der Waals surface area contributed by atoms with Crippen LogP contribution in [0.4, 0.5) is 0 Å². The monoisotopic (exact) mass is 228 g/mol. The van der Waals surface area contributed by atoms with Gasteiger partial charge in [0, 0.05) is 18.6 Å². The van der Waals surface area contributed by atoms with Crippen LogP contribution in [0.15, 0.2) is 0 Å². The molecule has 1 heterocycles. The summed E-state index contributed by atoms with van der Waals surface area (Å²) in [6.45, 7) is 14.2. The normalized spacial score (nSPS) is 28.3. The third-order valence-corrected chi connectivity index (χ3v) is 3.41. The van der Waals surface area contributed by atoms with E-state index in [1.165, 1.54) is 19.4 Å². The fourth-order valence-electron chi connectivity index (χ4n) is 2.17. The Morgan fingerprint density at radius 3 is 2.81 bits per heavy atom. The predicted octanol–water partition coefficient (Wildman–Crippen LogP) is 1.88. The van der Waals surface area contributed by atoms with E-state index in [4.69, 9.17) is 4.74 Å². The zero-order valence-electron chi connectivity index (χ0n) is 11.4. The lowest BCUT2D eigenvalue weighted by atomic mass is 9.99. The van der Waals surface area contributed by atoms with Crippen molar-refractivity contribution >= 4 is 0 Å². The lowest BCUT2D eigenvalue weighted by Gasteiger charge is -2.32. The summed E-state index contributed by atoms with van der Waals surface area (Å²) in [5.41, 5.74) is 0.286. The van der Waals surface area contributed by atoms with Crippen LogP contribution >= 0.6 is 0 Å². The third kappa shape index (κ3) is 4.81. The van der Waals surface area contributed by atoms with Gasteiger partial charge in [-0.05, 0) is 46.7 Å². The van der Waals surface area contributed by atoms with Crippen LogP contribution in [0.3, 0.4) is 0 Å². The Hall–Kier alpha value is -0.120. The van der Waals surface area contributed by atoms with E-state index in [9.17, 15) is 0 Å². The van der Waals surface area contributed by atoms with Crippen LogP contribution in [-0.4, -0.2) is 49.3 Å². The van der Waals surface area contributed by atoms with Crippen molar-refractivity contribution in [2.24, 2.45) is 0 Å². The van der Waals surface area contributed by atoms with Crippen molar-refractivity contribution in [1.29, 1.82) is 0 Å². The maximum absolute atomic E-state index is 5.63. The molecule has 1 aliphatic rings. The SMILES string of the molecule is CCC1(C)CN(CCOC(C)C)CCCN1. The molecule has 1 saturated heterocycles. The maximum Gasteiger partial charge on any atom is 0.0596 e. The van der Waals surface area contributed by atoms with Gasteiger partial charge in [0.2, 0.25) is 0 Å². The van der Waals surface area contributed by atoms with Crippen LogP contribution in [-0.2, 0) is 4.74 Å². The summed E-state index contributed by atoms with van der Waals surface area (Å²) >= 11 is 0. The quantitative estimate of drug-likeness (QED) is 0.777. The van der Waals surface area contributed by atoms with Gasteiger partial charge in [0.1, 0.15) is 0 Å². The minimum atomic E-state index is 0.286. The first-order valence-corrected chi connectivity index (χ1v) is 6.65. The molecule has 96 valence electrons. The topological polar surface area (TPSA) is 24.5 Å². The van der Waals surface area contributed by atoms with Crippen molar-refractivity contribution in [3.63, 3.8) is 0 Å². The van der Waals surface area contributed by atoms with Crippen molar-refractivity contribution in [2.75, 3.05) is 32.8 Å². The van der Waals surface area contributed by atoms with E-state index >= 15 is 0 Å². The fourth-order valence-corrected chi connectivity index (χ4v) is 2.17. The molecule has 0 aliphatic carbocycles. The van der Waals surface area contributed by atoms with Gasteiger partial charge in [-0.1, -0.05) is 6.92 Å². The predicted molar refractivity (Wildman–Crippen MR) is 68.8 cm³/mol. The highest BCUT2D eigenvalue weighted by molar-refractivity contribution is 4.87.